The van der Waals surface area contributed by atoms with Crippen molar-refractivity contribution in [2.45, 2.75) is 106 Å². The first-order valence-electron chi connectivity index (χ1n) is 11.3. The van der Waals surface area contributed by atoms with E-state index < -0.39 is 0 Å². The van der Waals surface area contributed by atoms with Crippen molar-refractivity contribution in [3.8, 4) is 0 Å². The van der Waals surface area contributed by atoms with Gasteiger partial charge < -0.3 is 0 Å². The van der Waals surface area contributed by atoms with Gasteiger partial charge in [-0.3, -0.25) is 0 Å². The number of hydrogen-bond acceptors (Lipinski definition) is 0. The van der Waals surface area contributed by atoms with Crippen molar-refractivity contribution < 1.29 is 0 Å². The number of allylic oxidation sites excluding steroid dienone is 8. The average Bonchev–Trinajstić information content (AvgIpc) is 2.74. The lowest BCUT2D eigenvalue weighted by Gasteiger charge is -2.37. The highest BCUT2D eigenvalue weighted by Crippen LogP contribution is 2.46. The van der Waals surface area contributed by atoms with Gasteiger partial charge in [0.05, 0.1) is 0 Å². The van der Waals surface area contributed by atoms with Gasteiger partial charge in [0.1, 0.15) is 0 Å². The van der Waals surface area contributed by atoms with Crippen LogP contribution in [0.4, 0.5) is 0 Å². The summed E-state index contributed by atoms with van der Waals surface area (Å²) in [5, 5.41) is 0. The highest BCUT2D eigenvalue weighted by Gasteiger charge is 2.32. The summed E-state index contributed by atoms with van der Waals surface area (Å²) in [6.07, 6.45) is 23.4. The third kappa shape index (κ3) is 5.24. The van der Waals surface area contributed by atoms with Gasteiger partial charge in [-0.15, -0.1) is 0 Å². The molecule has 148 valence electrons. The first kappa shape index (κ1) is 23.0. The molecule has 0 unspecified atom stereocenters. The Labute approximate surface area is 164 Å². The van der Waals surface area contributed by atoms with E-state index in [1.54, 1.807) is 16.7 Å². The molecule has 0 spiro atoms. The maximum absolute atomic E-state index is 2.50. The van der Waals surface area contributed by atoms with Crippen molar-refractivity contribution in [1.29, 1.82) is 0 Å². The molecule has 0 aliphatic heterocycles. The SMILES string of the molecule is CC.CCC(C)(CC)C1=CC=C(CC(CC)(CC)C2=CCCC=C2)CC1. The summed E-state index contributed by atoms with van der Waals surface area (Å²) in [6, 6.07) is 0. The van der Waals surface area contributed by atoms with Gasteiger partial charge in [0, 0.05) is 0 Å². The molecule has 0 aromatic heterocycles. The predicted octanol–water partition coefficient (Wildman–Crippen LogP) is 8.96. The zero-order valence-corrected chi connectivity index (χ0v) is 18.8. The molecule has 2 aliphatic rings. The molecular formula is C26H44. The monoisotopic (exact) mass is 356 g/mol. The van der Waals surface area contributed by atoms with E-state index >= 15 is 0 Å². The van der Waals surface area contributed by atoms with Crippen molar-refractivity contribution >= 4 is 0 Å². The van der Waals surface area contributed by atoms with Crippen LogP contribution in [0.25, 0.3) is 0 Å². The first-order chi connectivity index (χ1) is 12.5. The lowest BCUT2D eigenvalue weighted by atomic mass is 9.67. The zero-order chi connectivity index (χ0) is 19.6. The minimum atomic E-state index is 0.354. The van der Waals surface area contributed by atoms with Gasteiger partial charge in [0.15, 0.2) is 0 Å². The molecule has 0 aromatic rings. The number of hydrogen-bond donors (Lipinski definition) is 0. The Morgan fingerprint density at radius 3 is 1.92 bits per heavy atom. The van der Waals surface area contributed by atoms with Crippen LogP contribution in [-0.2, 0) is 0 Å². The Balaban J connectivity index is 0.00000163. The van der Waals surface area contributed by atoms with Crippen LogP contribution in [0.2, 0.25) is 0 Å². The van der Waals surface area contributed by atoms with E-state index in [-0.39, 0.29) is 0 Å². The van der Waals surface area contributed by atoms with Crippen LogP contribution in [0.5, 0.6) is 0 Å². The summed E-state index contributed by atoms with van der Waals surface area (Å²) in [5.74, 6) is 0. The molecule has 0 bridgehead atoms. The average molecular weight is 357 g/mol. The van der Waals surface area contributed by atoms with Crippen LogP contribution in [0.3, 0.4) is 0 Å². The molecule has 0 saturated heterocycles. The van der Waals surface area contributed by atoms with Gasteiger partial charge in [0.2, 0.25) is 0 Å². The zero-order valence-electron chi connectivity index (χ0n) is 18.8. The highest BCUT2D eigenvalue weighted by atomic mass is 14.4. The predicted molar refractivity (Wildman–Crippen MR) is 120 cm³/mol. The van der Waals surface area contributed by atoms with Gasteiger partial charge in [-0.25, -0.2) is 0 Å². The maximum Gasteiger partial charge on any atom is -0.00183 e. The first-order valence-corrected chi connectivity index (χ1v) is 11.3. The molecule has 26 heavy (non-hydrogen) atoms. The van der Waals surface area contributed by atoms with E-state index in [0.29, 0.717) is 10.8 Å². The Morgan fingerprint density at radius 1 is 0.846 bits per heavy atom. The van der Waals surface area contributed by atoms with Crippen LogP contribution in [-0.4, -0.2) is 0 Å². The normalized spacial score (nSPS) is 17.7. The van der Waals surface area contributed by atoms with E-state index in [0.717, 1.165) is 0 Å². The van der Waals surface area contributed by atoms with Crippen LogP contribution < -0.4 is 0 Å². The summed E-state index contributed by atoms with van der Waals surface area (Å²) < 4.78 is 0. The smallest absolute Gasteiger partial charge is 0.00183 e. The summed E-state index contributed by atoms with van der Waals surface area (Å²) >= 11 is 0. The van der Waals surface area contributed by atoms with Crippen molar-refractivity contribution in [3.05, 3.63) is 47.1 Å². The molecular weight excluding hydrogens is 312 g/mol. The van der Waals surface area contributed by atoms with E-state index in [1.807, 2.05) is 13.8 Å². The second-order valence-corrected chi connectivity index (χ2v) is 8.09. The minimum absolute atomic E-state index is 0.354. The van der Waals surface area contributed by atoms with Gasteiger partial charge in [0.25, 0.3) is 0 Å². The summed E-state index contributed by atoms with van der Waals surface area (Å²) in [4.78, 5) is 0. The fraction of sp³-hybridized carbons (Fsp3) is 0.692. The summed E-state index contributed by atoms with van der Waals surface area (Å²) in [6.45, 7) is 15.9. The second kappa shape index (κ2) is 11.0. The Kier molecular flexibility index (Phi) is 9.69. The van der Waals surface area contributed by atoms with E-state index in [1.165, 1.54) is 57.8 Å². The second-order valence-electron chi connectivity index (χ2n) is 8.09. The molecule has 0 radical (unpaired) electrons. The van der Waals surface area contributed by atoms with Crippen molar-refractivity contribution in [2.24, 2.45) is 10.8 Å². The largest absolute Gasteiger partial charge is 0.0839 e. The topological polar surface area (TPSA) is 0 Å². The molecule has 0 saturated carbocycles. The molecule has 0 heterocycles. The lowest BCUT2D eigenvalue weighted by molar-refractivity contribution is 0.321. The Morgan fingerprint density at radius 2 is 1.50 bits per heavy atom. The molecule has 0 N–H and O–H groups in total. The fourth-order valence-corrected chi connectivity index (χ4v) is 4.49. The fourth-order valence-electron chi connectivity index (χ4n) is 4.49. The molecule has 0 amide bonds. The Hall–Kier alpha value is -1.04. The molecule has 2 rings (SSSR count). The third-order valence-electron chi connectivity index (χ3n) is 7.10. The van der Waals surface area contributed by atoms with Gasteiger partial charge in [-0.2, -0.15) is 0 Å². The molecule has 0 fully saturated rings. The van der Waals surface area contributed by atoms with E-state index in [2.05, 4.69) is 65.0 Å². The van der Waals surface area contributed by atoms with Gasteiger partial charge in [-0.1, -0.05) is 90.0 Å². The lowest BCUT2D eigenvalue weighted by Crippen LogP contribution is -2.24. The van der Waals surface area contributed by atoms with Crippen LogP contribution >= 0.6 is 0 Å². The molecule has 0 atom stereocenters. The maximum atomic E-state index is 2.50. The van der Waals surface area contributed by atoms with Crippen molar-refractivity contribution in [1.82, 2.24) is 0 Å². The van der Waals surface area contributed by atoms with Crippen molar-refractivity contribution in [2.75, 3.05) is 0 Å². The standard InChI is InChI=1S/C24H38.C2H6/c1-6-23(5,7-2)21-17-15-20(16-18-21)19-24(8-3,9-4)22-13-11-10-12-14-22;1-2/h11,13-15,17H,6-10,12,16,18-19H2,1-5H3;1-2H3. The molecule has 0 nitrogen and oxygen atoms in total. The van der Waals surface area contributed by atoms with Crippen LogP contribution in [0, 0.1) is 10.8 Å². The third-order valence-corrected chi connectivity index (χ3v) is 7.10. The molecule has 0 heteroatoms. The van der Waals surface area contributed by atoms with Crippen molar-refractivity contribution in [3.63, 3.8) is 0 Å². The number of rotatable bonds is 8. The quantitative estimate of drug-likeness (QED) is 0.407. The minimum Gasteiger partial charge on any atom is -0.0839 e. The van der Waals surface area contributed by atoms with E-state index in [4.69, 9.17) is 0 Å². The summed E-state index contributed by atoms with van der Waals surface area (Å²) in [7, 11) is 0. The van der Waals surface area contributed by atoms with Crippen LogP contribution in [0.1, 0.15) is 106 Å². The molecule has 2 aliphatic carbocycles. The Bertz CT molecular complexity index is 530. The molecule has 0 aromatic carbocycles. The van der Waals surface area contributed by atoms with Gasteiger partial charge >= 0.3 is 0 Å². The highest BCUT2D eigenvalue weighted by molar-refractivity contribution is 5.34. The van der Waals surface area contributed by atoms with E-state index in [9.17, 15) is 0 Å². The summed E-state index contributed by atoms with van der Waals surface area (Å²) in [5.41, 5.74) is 5.70. The van der Waals surface area contributed by atoms with Crippen LogP contribution in [0.15, 0.2) is 47.1 Å². The van der Waals surface area contributed by atoms with Gasteiger partial charge in [-0.05, 0) is 74.2 Å².